The third-order valence-electron chi connectivity index (χ3n) is 3.48. The first-order valence-electron chi connectivity index (χ1n) is 7.76. The zero-order chi connectivity index (χ0) is 16.7. The molecule has 2 rings (SSSR count). The van der Waals surface area contributed by atoms with Crippen molar-refractivity contribution >= 4 is 29.0 Å². The Bertz CT molecular complexity index is 657. The minimum absolute atomic E-state index is 0.182. The molecule has 2 heterocycles. The second-order valence-electron chi connectivity index (χ2n) is 5.13. The minimum Gasteiger partial charge on any atom is -0.320 e. The van der Waals surface area contributed by atoms with Crippen LogP contribution < -0.4 is 5.32 Å². The van der Waals surface area contributed by atoms with Gasteiger partial charge in [-0.05, 0) is 26.1 Å². The van der Waals surface area contributed by atoms with Crippen molar-refractivity contribution in [2.45, 2.75) is 27.3 Å². The molecule has 0 spiro atoms. The summed E-state index contributed by atoms with van der Waals surface area (Å²) in [4.78, 5) is 18.5. The lowest BCUT2D eigenvalue weighted by Gasteiger charge is -2.17. The normalized spacial score (nSPS) is 11.5. The maximum Gasteiger partial charge on any atom is 0.248 e. The number of carbonyl (C=O) groups is 1. The van der Waals surface area contributed by atoms with Gasteiger partial charge in [-0.2, -0.15) is 5.10 Å². The van der Waals surface area contributed by atoms with E-state index in [-0.39, 0.29) is 5.91 Å². The first-order valence-corrected chi connectivity index (χ1v) is 8.64. The number of likely N-dealkylation sites (N-methyl/N-ethyl adjacent to an activating group) is 1. The molecule has 1 N–H and O–H groups in total. The summed E-state index contributed by atoms with van der Waals surface area (Å²) in [6.07, 6.45) is 6.72. The Hall–Kier alpha value is -1.99. The molecule has 6 nitrogen and oxygen atoms in total. The SMILES string of the molecule is CCN(CC)CCn1cc(NC(=O)C=Cc2csc(C)n2)cn1. The van der Waals surface area contributed by atoms with Crippen molar-refractivity contribution in [3.05, 3.63) is 34.6 Å². The largest absolute Gasteiger partial charge is 0.320 e. The molecule has 2 aromatic heterocycles. The minimum atomic E-state index is -0.182. The van der Waals surface area contributed by atoms with Gasteiger partial charge in [0, 0.05) is 24.2 Å². The van der Waals surface area contributed by atoms with Crippen LogP contribution in [0.4, 0.5) is 5.69 Å². The number of amides is 1. The van der Waals surface area contributed by atoms with E-state index in [1.807, 2.05) is 23.2 Å². The Morgan fingerprint density at radius 3 is 2.87 bits per heavy atom. The van der Waals surface area contributed by atoms with E-state index < -0.39 is 0 Å². The molecule has 0 aliphatic rings. The van der Waals surface area contributed by atoms with Crippen LogP contribution in [0.2, 0.25) is 0 Å². The number of aromatic nitrogens is 3. The zero-order valence-electron chi connectivity index (χ0n) is 13.8. The quantitative estimate of drug-likeness (QED) is 0.754. The fraction of sp³-hybridized carbons (Fsp3) is 0.438. The molecule has 2 aromatic rings. The summed E-state index contributed by atoms with van der Waals surface area (Å²) in [7, 11) is 0. The van der Waals surface area contributed by atoms with Crippen LogP contribution in [0, 0.1) is 6.92 Å². The van der Waals surface area contributed by atoms with E-state index in [0.29, 0.717) is 5.69 Å². The second-order valence-corrected chi connectivity index (χ2v) is 6.20. The van der Waals surface area contributed by atoms with Crippen LogP contribution >= 0.6 is 11.3 Å². The highest BCUT2D eigenvalue weighted by Gasteiger charge is 2.04. The van der Waals surface area contributed by atoms with E-state index in [1.54, 1.807) is 23.6 Å². The molecule has 0 atom stereocenters. The van der Waals surface area contributed by atoms with E-state index in [4.69, 9.17) is 0 Å². The summed E-state index contributed by atoms with van der Waals surface area (Å²) in [5, 5.41) is 9.99. The topological polar surface area (TPSA) is 63.0 Å². The molecule has 1 amide bonds. The molecule has 0 aliphatic heterocycles. The molecule has 0 aromatic carbocycles. The van der Waals surface area contributed by atoms with E-state index in [9.17, 15) is 4.79 Å². The third kappa shape index (κ3) is 5.61. The number of rotatable bonds is 8. The first-order chi connectivity index (χ1) is 11.1. The average molecular weight is 333 g/mol. The standard InChI is InChI=1S/C16H23N5OS/c1-4-20(5-2)8-9-21-11-15(10-17-21)19-16(22)7-6-14-12-23-13(3)18-14/h6-7,10-12H,4-5,8-9H2,1-3H3,(H,19,22). The van der Waals surface area contributed by atoms with Crippen LogP contribution in [0.15, 0.2) is 23.8 Å². The Labute approximate surface area is 140 Å². The Balaban J connectivity index is 1.83. The number of nitrogens with zero attached hydrogens (tertiary/aromatic N) is 4. The van der Waals surface area contributed by atoms with E-state index >= 15 is 0 Å². The summed E-state index contributed by atoms with van der Waals surface area (Å²) in [5.41, 5.74) is 1.51. The highest BCUT2D eigenvalue weighted by Crippen LogP contribution is 2.10. The lowest BCUT2D eigenvalue weighted by molar-refractivity contribution is -0.111. The molecule has 0 unspecified atom stereocenters. The Morgan fingerprint density at radius 2 is 2.22 bits per heavy atom. The third-order valence-corrected chi connectivity index (χ3v) is 4.27. The van der Waals surface area contributed by atoms with Gasteiger partial charge in [0.2, 0.25) is 5.91 Å². The van der Waals surface area contributed by atoms with Gasteiger partial charge in [0.15, 0.2) is 0 Å². The molecule has 0 radical (unpaired) electrons. The van der Waals surface area contributed by atoms with Gasteiger partial charge in [-0.3, -0.25) is 9.48 Å². The molecule has 23 heavy (non-hydrogen) atoms. The highest BCUT2D eigenvalue weighted by atomic mass is 32.1. The predicted octanol–water partition coefficient (Wildman–Crippen LogP) is 2.64. The van der Waals surface area contributed by atoms with Gasteiger partial charge in [0.05, 0.1) is 29.1 Å². The maximum absolute atomic E-state index is 11.9. The fourth-order valence-corrected chi connectivity index (χ4v) is 2.72. The van der Waals surface area contributed by atoms with Crippen molar-refractivity contribution < 1.29 is 4.79 Å². The van der Waals surface area contributed by atoms with Crippen molar-refractivity contribution in [2.24, 2.45) is 0 Å². The van der Waals surface area contributed by atoms with Crippen molar-refractivity contribution in [3.63, 3.8) is 0 Å². The molecule has 0 saturated carbocycles. The van der Waals surface area contributed by atoms with Crippen molar-refractivity contribution in [2.75, 3.05) is 25.0 Å². The molecule has 7 heteroatoms. The number of hydrogen-bond acceptors (Lipinski definition) is 5. The second kappa shape index (κ2) is 8.59. The van der Waals surface area contributed by atoms with Gasteiger partial charge in [0.1, 0.15) is 0 Å². The maximum atomic E-state index is 11.9. The van der Waals surface area contributed by atoms with Gasteiger partial charge >= 0.3 is 0 Å². The summed E-state index contributed by atoms with van der Waals surface area (Å²) < 4.78 is 1.85. The lowest BCUT2D eigenvalue weighted by Crippen LogP contribution is -2.27. The number of thiazole rings is 1. The number of hydrogen-bond donors (Lipinski definition) is 1. The number of anilines is 1. The van der Waals surface area contributed by atoms with Crippen LogP contribution in [-0.2, 0) is 11.3 Å². The van der Waals surface area contributed by atoms with Gasteiger partial charge in [-0.25, -0.2) is 4.98 Å². The molecular formula is C16H23N5OS. The van der Waals surface area contributed by atoms with Crippen LogP contribution in [0.5, 0.6) is 0 Å². The lowest BCUT2D eigenvalue weighted by atomic mass is 10.4. The van der Waals surface area contributed by atoms with Crippen LogP contribution in [0.3, 0.4) is 0 Å². The Morgan fingerprint density at radius 1 is 1.43 bits per heavy atom. The van der Waals surface area contributed by atoms with Crippen LogP contribution in [0.1, 0.15) is 24.5 Å². The number of nitrogens with one attached hydrogen (secondary N) is 1. The van der Waals surface area contributed by atoms with Crippen LogP contribution in [-0.4, -0.2) is 45.2 Å². The molecule has 0 saturated heterocycles. The summed E-state index contributed by atoms with van der Waals surface area (Å²) in [6, 6.07) is 0. The molecule has 0 bridgehead atoms. The molecular weight excluding hydrogens is 310 g/mol. The number of carbonyl (C=O) groups excluding carboxylic acids is 1. The van der Waals surface area contributed by atoms with Gasteiger partial charge in [-0.1, -0.05) is 13.8 Å². The summed E-state index contributed by atoms with van der Waals surface area (Å²) in [6.45, 7) is 10.1. The van der Waals surface area contributed by atoms with Gasteiger partial charge in [0.25, 0.3) is 0 Å². The predicted molar refractivity (Wildman–Crippen MR) is 94.5 cm³/mol. The van der Waals surface area contributed by atoms with Crippen molar-refractivity contribution in [1.82, 2.24) is 19.7 Å². The van der Waals surface area contributed by atoms with Crippen molar-refractivity contribution in [1.29, 1.82) is 0 Å². The monoisotopic (exact) mass is 333 g/mol. The average Bonchev–Trinajstić information content (AvgIpc) is 3.15. The van der Waals surface area contributed by atoms with Crippen LogP contribution in [0.25, 0.3) is 6.08 Å². The fourth-order valence-electron chi connectivity index (χ4n) is 2.14. The highest BCUT2D eigenvalue weighted by molar-refractivity contribution is 7.09. The molecule has 0 fully saturated rings. The zero-order valence-corrected chi connectivity index (χ0v) is 14.6. The van der Waals surface area contributed by atoms with Gasteiger partial charge in [-0.15, -0.1) is 11.3 Å². The summed E-state index contributed by atoms with van der Waals surface area (Å²) in [5.74, 6) is -0.182. The van der Waals surface area contributed by atoms with E-state index in [2.05, 4.69) is 34.1 Å². The molecule has 0 aliphatic carbocycles. The van der Waals surface area contributed by atoms with E-state index in [0.717, 1.165) is 36.9 Å². The number of aryl methyl sites for hydroxylation is 1. The smallest absolute Gasteiger partial charge is 0.248 e. The van der Waals surface area contributed by atoms with Gasteiger partial charge < -0.3 is 10.2 Å². The Kier molecular flexibility index (Phi) is 6.49. The molecule has 124 valence electrons. The van der Waals surface area contributed by atoms with Crippen molar-refractivity contribution in [3.8, 4) is 0 Å². The first kappa shape index (κ1) is 17.4. The van der Waals surface area contributed by atoms with E-state index in [1.165, 1.54) is 6.08 Å². The summed E-state index contributed by atoms with van der Waals surface area (Å²) >= 11 is 1.56.